The van der Waals surface area contributed by atoms with Crippen LogP contribution in [0.4, 0.5) is 0 Å². The highest BCUT2D eigenvalue weighted by atomic mass is 16.5. The van der Waals surface area contributed by atoms with Gasteiger partial charge >= 0.3 is 0 Å². The number of hydrogen-bond acceptors (Lipinski definition) is 3. The molecule has 5 nitrogen and oxygen atoms in total. The first kappa shape index (κ1) is 15.7. The fraction of sp³-hybridized carbons (Fsp3) is 0.444. The normalized spacial score (nSPS) is 17.1. The number of hydrogen-bond donors (Lipinski definition) is 1. The van der Waals surface area contributed by atoms with Crippen LogP contribution < -0.4 is 5.32 Å². The first-order chi connectivity index (χ1) is 11.1. The highest BCUT2D eigenvalue weighted by Crippen LogP contribution is 2.25. The van der Waals surface area contributed by atoms with Gasteiger partial charge in [-0.25, -0.2) is 0 Å². The van der Waals surface area contributed by atoms with E-state index in [2.05, 4.69) is 23.6 Å². The maximum absolute atomic E-state index is 11.8. The molecule has 1 aromatic heterocycles. The molecular weight excluding hydrogens is 290 g/mol. The van der Waals surface area contributed by atoms with Crippen molar-refractivity contribution in [3.63, 3.8) is 0 Å². The lowest BCUT2D eigenvalue weighted by Gasteiger charge is -2.22. The van der Waals surface area contributed by atoms with Crippen molar-refractivity contribution in [2.45, 2.75) is 32.9 Å². The highest BCUT2D eigenvalue weighted by molar-refractivity contribution is 5.77. The molecule has 0 saturated carbocycles. The Balaban J connectivity index is 1.70. The van der Waals surface area contributed by atoms with Crippen molar-refractivity contribution in [1.29, 1.82) is 0 Å². The van der Waals surface area contributed by atoms with Crippen molar-refractivity contribution in [2.75, 3.05) is 13.2 Å². The number of rotatable bonds is 5. The molecule has 0 fully saturated rings. The molecule has 2 heterocycles. The maximum atomic E-state index is 11.8. The van der Waals surface area contributed by atoms with Gasteiger partial charge in [0.15, 0.2) is 0 Å². The Morgan fingerprint density at radius 1 is 1.39 bits per heavy atom. The first-order valence-electron chi connectivity index (χ1n) is 8.13. The number of nitrogens with zero attached hydrogens (tertiary/aromatic N) is 2. The quantitative estimate of drug-likeness (QED) is 0.921. The third-order valence-corrected chi connectivity index (χ3v) is 4.04. The van der Waals surface area contributed by atoms with Crippen LogP contribution in [0.2, 0.25) is 0 Å². The number of aromatic nitrogens is 2. The zero-order valence-electron chi connectivity index (χ0n) is 13.7. The number of nitrogens with one attached hydrogen (secondary N) is 1. The second-order valence-electron chi connectivity index (χ2n) is 6.23. The summed E-state index contributed by atoms with van der Waals surface area (Å²) in [5.74, 6) is 0.0261. The summed E-state index contributed by atoms with van der Waals surface area (Å²) in [6, 6.07) is 10.3. The summed E-state index contributed by atoms with van der Waals surface area (Å²) in [6.45, 7) is 5.67. The van der Waals surface area contributed by atoms with Gasteiger partial charge in [0.1, 0.15) is 6.10 Å². The summed E-state index contributed by atoms with van der Waals surface area (Å²) in [5.41, 5.74) is 3.39. The molecule has 3 rings (SSSR count). The van der Waals surface area contributed by atoms with Crippen molar-refractivity contribution < 1.29 is 9.53 Å². The minimum atomic E-state index is -0.154. The number of fused-ring (bicyclic) bond motifs is 1. The lowest BCUT2D eigenvalue weighted by atomic mass is 10.1. The average molecular weight is 313 g/mol. The van der Waals surface area contributed by atoms with Gasteiger partial charge in [-0.05, 0) is 17.5 Å². The van der Waals surface area contributed by atoms with Gasteiger partial charge in [-0.1, -0.05) is 44.2 Å². The molecule has 1 N–H and O–H groups in total. The lowest BCUT2D eigenvalue weighted by Crippen LogP contribution is -2.34. The fourth-order valence-electron chi connectivity index (χ4n) is 2.74. The molecule has 1 atom stereocenters. The maximum Gasteiger partial charge on any atom is 0.222 e. The number of carbonyl (C=O) groups is 1. The monoisotopic (exact) mass is 313 g/mol. The van der Waals surface area contributed by atoms with Crippen molar-refractivity contribution >= 4 is 5.91 Å². The molecule has 0 spiro atoms. The molecule has 1 amide bonds. The van der Waals surface area contributed by atoms with Gasteiger partial charge in [0.05, 0.1) is 18.8 Å². The third kappa shape index (κ3) is 3.79. The molecule has 2 aromatic rings. The Morgan fingerprint density at radius 2 is 2.17 bits per heavy atom. The van der Waals surface area contributed by atoms with Gasteiger partial charge in [-0.2, -0.15) is 5.10 Å². The van der Waals surface area contributed by atoms with Crippen molar-refractivity contribution in [2.24, 2.45) is 5.92 Å². The molecular formula is C18H23N3O2. The van der Waals surface area contributed by atoms with Gasteiger partial charge in [0.25, 0.3) is 0 Å². The summed E-state index contributed by atoms with van der Waals surface area (Å²) in [5, 5.41) is 7.63. The van der Waals surface area contributed by atoms with Crippen molar-refractivity contribution in [3.8, 4) is 0 Å². The summed E-state index contributed by atoms with van der Waals surface area (Å²) in [7, 11) is 0. The van der Waals surface area contributed by atoms with Crippen LogP contribution in [0.5, 0.6) is 0 Å². The summed E-state index contributed by atoms with van der Waals surface area (Å²) in [4.78, 5) is 11.8. The van der Waals surface area contributed by atoms with E-state index in [4.69, 9.17) is 9.84 Å². The summed E-state index contributed by atoms with van der Waals surface area (Å²) < 4.78 is 7.77. The Hall–Kier alpha value is -2.14. The number of benzene rings is 1. The Kier molecular flexibility index (Phi) is 4.76. The second-order valence-corrected chi connectivity index (χ2v) is 6.23. The van der Waals surface area contributed by atoms with Crippen LogP contribution in [0.1, 0.15) is 36.8 Å². The van der Waals surface area contributed by atoms with E-state index in [1.807, 2.05) is 36.7 Å². The van der Waals surface area contributed by atoms with Crippen LogP contribution in [0.15, 0.2) is 36.5 Å². The molecule has 1 unspecified atom stereocenters. The highest BCUT2D eigenvalue weighted by Gasteiger charge is 2.25. The van der Waals surface area contributed by atoms with Crippen LogP contribution in [0.3, 0.4) is 0 Å². The summed E-state index contributed by atoms with van der Waals surface area (Å²) in [6.07, 6.45) is 2.82. The molecule has 5 heteroatoms. The van der Waals surface area contributed by atoms with E-state index in [0.717, 1.165) is 18.7 Å². The van der Waals surface area contributed by atoms with Gasteiger partial charge in [0.2, 0.25) is 5.91 Å². The second kappa shape index (κ2) is 6.96. The largest absolute Gasteiger partial charge is 0.370 e. The Labute approximate surface area is 136 Å². The molecule has 0 bridgehead atoms. The van der Waals surface area contributed by atoms with E-state index in [0.29, 0.717) is 13.2 Å². The molecule has 0 saturated heterocycles. The van der Waals surface area contributed by atoms with Crippen LogP contribution in [0.25, 0.3) is 0 Å². The average Bonchev–Trinajstić information content (AvgIpc) is 2.96. The zero-order chi connectivity index (χ0) is 16.2. The fourth-order valence-corrected chi connectivity index (χ4v) is 2.74. The van der Waals surface area contributed by atoms with Crippen molar-refractivity contribution in [3.05, 3.63) is 53.3 Å². The predicted octanol–water partition coefficient (Wildman–Crippen LogP) is 2.32. The number of amides is 1. The topological polar surface area (TPSA) is 56.1 Å². The van der Waals surface area contributed by atoms with E-state index in [-0.39, 0.29) is 17.9 Å². The van der Waals surface area contributed by atoms with Crippen LogP contribution in [0, 0.1) is 5.92 Å². The van der Waals surface area contributed by atoms with E-state index in [1.165, 1.54) is 11.1 Å². The standard InChI is InChI=1S/C18H23N3O2/c1-13(2)18(22)19-10-16-17-15(8-9-23-16)12-21(20-17)11-14-6-4-3-5-7-14/h3-7,12-13,16H,8-11H2,1-2H3,(H,19,22). The molecule has 1 aliphatic rings. The molecule has 1 aromatic carbocycles. The van der Waals surface area contributed by atoms with Crippen LogP contribution >= 0.6 is 0 Å². The minimum Gasteiger partial charge on any atom is -0.370 e. The van der Waals surface area contributed by atoms with Gasteiger partial charge < -0.3 is 10.1 Å². The third-order valence-electron chi connectivity index (χ3n) is 4.04. The lowest BCUT2D eigenvalue weighted by molar-refractivity contribution is -0.124. The molecule has 0 radical (unpaired) electrons. The van der Waals surface area contributed by atoms with Gasteiger partial charge in [0, 0.05) is 18.7 Å². The first-order valence-corrected chi connectivity index (χ1v) is 8.13. The smallest absolute Gasteiger partial charge is 0.222 e. The van der Waals surface area contributed by atoms with E-state index < -0.39 is 0 Å². The van der Waals surface area contributed by atoms with Crippen molar-refractivity contribution in [1.82, 2.24) is 15.1 Å². The van der Waals surface area contributed by atoms with Gasteiger partial charge in [-0.3, -0.25) is 9.48 Å². The molecule has 122 valence electrons. The molecule has 23 heavy (non-hydrogen) atoms. The van der Waals surface area contributed by atoms with Crippen LogP contribution in [-0.4, -0.2) is 28.8 Å². The number of carbonyl (C=O) groups excluding carboxylic acids is 1. The molecule has 0 aliphatic carbocycles. The zero-order valence-corrected chi connectivity index (χ0v) is 13.7. The summed E-state index contributed by atoms with van der Waals surface area (Å²) >= 11 is 0. The Morgan fingerprint density at radius 3 is 2.91 bits per heavy atom. The number of ether oxygens (including phenoxy) is 1. The van der Waals surface area contributed by atoms with E-state index in [1.54, 1.807) is 0 Å². The predicted molar refractivity (Wildman–Crippen MR) is 88.0 cm³/mol. The van der Waals surface area contributed by atoms with E-state index >= 15 is 0 Å². The minimum absolute atomic E-state index is 0.0197. The van der Waals surface area contributed by atoms with Crippen LogP contribution in [-0.2, 0) is 22.5 Å². The Bertz CT molecular complexity index is 664. The van der Waals surface area contributed by atoms with E-state index in [9.17, 15) is 4.79 Å². The van der Waals surface area contributed by atoms with Gasteiger partial charge in [-0.15, -0.1) is 0 Å². The molecule has 1 aliphatic heterocycles. The SMILES string of the molecule is CC(C)C(=O)NCC1OCCc2cn(Cc3ccccc3)nc21.